The van der Waals surface area contributed by atoms with Gasteiger partial charge in [-0.15, -0.1) is 0 Å². The Kier molecular flexibility index (Phi) is 5.09. The average molecular weight is 307 g/mol. The summed E-state index contributed by atoms with van der Waals surface area (Å²) in [4.78, 5) is 2.51. The molecule has 0 aliphatic carbocycles. The quantitative estimate of drug-likeness (QED) is 0.805. The molecule has 1 aliphatic rings. The standard InChI is InChI=1S/C20H25N3/c1-17-8-10-19(11-9-17)16-22-12-14-23(15-13-22)21-18(2)20-6-4-3-5-7-20/h3-11H,12-16H2,1-2H3/b21-18+. The van der Waals surface area contributed by atoms with E-state index in [1.807, 2.05) is 6.07 Å². The largest absolute Gasteiger partial charge is 0.295 e. The van der Waals surface area contributed by atoms with Gasteiger partial charge in [0.05, 0.1) is 5.71 Å². The van der Waals surface area contributed by atoms with Crippen LogP contribution in [-0.2, 0) is 6.54 Å². The zero-order valence-corrected chi connectivity index (χ0v) is 14.1. The minimum Gasteiger partial charge on any atom is -0.295 e. The van der Waals surface area contributed by atoms with E-state index in [-0.39, 0.29) is 0 Å². The van der Waals surface area contributed by atoms with Crippen LogP contribution in [0.25, 0.3) is 0 Å². The minimum atomic E-state index is 0.996. The van der Waals surface area contributed by atoms with Gasteiger partial charge in [-0.3, -0.25) is 9.91 Å². The van der Waals surface area contributed by atoms with Crippen LogP contribution in [0.4, 0.5) is 0 Å². The highest BCUT2D eigenvalue weighted by molar-refractivity contribution is 5.98. The lowest BCUT2D eigenvalue weighted by Gasteiger charge is -2.33. The van der Waals surface area contributed by atoms with Gasteiger partial charge in [0.1, 0.15) is 0 Å². The summed E-state index contributed by atoms with van der Waals surface area (Å²) in [6.07, 6.45) is 0. The Morgan fingerprint density at radius 3 is 2.22 bits per heavy atom. The van der Waals surface area contributed by atoms with Crippen LogP contribution in [-0.4, -0.2) is 41.8 Å². The second-order valence-corrected chi connectivity index (χ2v) is 6.27. The number of aryl methyl sites for hydroxylation is 1. The van der Waals surface area contributed by atoms with Crippen LogP contribution in [0.1, 0.15) is 23.6 Å². The van der Waals surface area contributed by atoms with Crippen molar-refractivity contribution < 1.29 is 0 Å². The van der Waals surface area contributed by atoms with Gasteiger partial charge in [0.2, 0.25) is 0 Å². The molecular weight excluding hydrogens is 282 g/mol. The molecule has 0 spiro atoms. The molecule has 0 amide bonds. The van der Waals surface area contributed by atoms with E-state index in [0.717, 1.165) is 38.4 Å². The van der Waals surface area contributed by atoms with Gasteiger partial charge in [-0.25, -0.2) is 0 Å². The molecular formula is C20H25N3. The lowest BCUT2D eigenvalue weighted by atomic mass is 10.1. The predicted molar refractivity (Wildman–Crippen MR) is 96.7 cm³/mol. The van der Waals surface area contributed by atoms with Crippen LogP contribution in [0.15, 0.2) is 59.7 Å². The maximum absolute atomic E-state index is 4.78. The number of hydrogen-bond donors (Lipinski definition) is 0. The molecule has 1 fully saturated rings. The molecule has 3 heteroatoms. The Morgan fingerprint density at radius 2 is 1.57 bits per heavy atom. The third-order valence-electron chi connectivity index (χ3n) is 4.36. The maximum Gasteiger partial charge on any atom is 0.0646 e. The van der Waals surface area contributed by atoms with Crippen LogP contribution >= 0.6 is 0 Å². The molecule has 1 aliphatic heterocycles. The number of nitrogens with zero attached hydrogens (tertiary/aromatic N) is 3. The van der Waals surface area contributed by atoms with E-state index in [1.165, 1.54) is 16.7 Å². The van der Waals surface area contributed by atoms with Gasteiger partial charge in [-0.1, -0.05) is 60.2 Å². The number of piperazine rings is 1. The lowest BCUT2D eigenvalue weighted by Crippen LogP contribution is -2.43. The minimum absolute atomic E-state index is 0.996. The Bertz CT molecular complexity index is 638. The molecule has 0 saturated carbocycles. The SMILES string of the molecule is C/C(=N\N1CCN(Cc2ccc(C)cc2)CC1)c1ccccc1. The molecule has 120 valence electrons. The molecule has 0 bridgehead atoms. The van der Waals surface area contributed by atoms with E-state index >= 15 is 0 Å². The van der Waals surface area contributed by atoms with Gasteiger partial charge in [0.25, 0.3) is 0 Å². The molecule has 2 aromatic carbocycles. The summed E-state index contributed by atoms with van der Waals surface area (Å²) in [6, 6.07) is 19.3. The first-order valence-corrected chi connectivity index (χ1v) is 8.34. The molecule has 1 saturated heterocycles. The average Bonchev–Trinajstić information content (AvgIpc) is 2.59. The van der Waals surface area contributed by atoms with Crippen LogP contribution in [0, 0.1) is 6.92 Å². The van der Waals surface area contributed by atoms with Gasteiger partial charge in [0.15, 0.2) is 0 Å². The van der Waals surface area contributed by atoms with Crippen LogP contribution in [0.5, 0.6) is 0 Å². The third kappa shape index (κ3) is 4.42. The summed E-state index contributed by atoms with van der Waals surface area (Å²) >= 11 is 0. The van der Waals surface area contributed by atoms with Crippen molar-refractivity contribution in [3.05, 3.63) is 71.3 Å². The molecule has 0 N–H and O–H groups in total. The Morgan fingerprint density at radius 1 is 0.913 bits per heavy atom. The maximum atomic E-state index is 4.78. The van der Waals surface area contributed by atoms with E-state index in [2.05, 4.69) is 72.3 Å². The fourth-order valence-electron chi connectivity index (χ4n) is 2.90. The number of hydrogen-bond acceptors (Lipinski definition) is 3. The smallest absolute Gasteiger partial charge is 0.0646 e. The van der Waals surface area contributed by atoms with Crippen LogP contribution in [0.3, 0.4) is 0 Å². The molecule has 1 heterocycles. The van der Waals surface area contributed by atoms with E-state index in [4.69, 9.17) is 5.10 Å². The molecule has 3 rings (SSSR count). The summed E-state index contributed by atoms with van der Waals surface area (Å²) in [5, 5.41) is 6.98. The first-order valence-electron chi connectivity index (χ1n) is 8.34. The molecule has 0 radical (unpaired) electrons. The van der Waals surface area contributed by atoms with Crippen molar-refractivity contribution >= 4 is 5.71 Å². The second kappa shape index (κ2) is 7.42. The zero-order chi connectivity index (χ0) is 16.1. The number of benzene rings is 2. The highest BCUT2D eigenvalue weighted by Crippen LogP contribution is 2.11. The molecule has 2 aromatic rings. The summed E-state index contributed by atoms with van der Waals surface area (Å²) in [5.74, 6) is 0. The highest BCUT2D eigenvalue weighted by atomic mass is 15.5. The summed E-state index contributed by atoms with van der Waals surface area (Å²) in [5.41, 5.74) is 5.02. The predicted octanol–water partition coefficient (Wildman–Crippen LogP) is 3.54. The lowest BCUT2D eigenvalue weighted by molar-refractivity contribution is 0.130. The van der Waals surface area contributed by atoms with Gasteiger partial charge in [-0.05, 0) is 25.0 Å². The topological polar surface area (TPSA) is 18.8 Å². The first kappa shape index (κ1) is 15.8. The summed E-state index contributed by atoms with van der Waals surface area (Å²) < 4.78 is 0. The summed E-state index contributed by atoms with van der Waals surface area (Å²) in [7, 11) is 0. The summed E-state index contributed by atoms with van der Waals surface area (Å²) in [6.45, 7) is 9.39. The third-order valence-corrected chi connectivity index (χ3v) is 4.36. The fraction of sp³-hybridized carbons (Fsp3) is 0.350. The van der Waals surface area contributed by atoms with Gasteiger partial charge < -0.3 is 0 Å². The van der Waals surface area contributed by atoms with Crippen LogP contribution < -0.4 is 0 Å². The van der Waals surface area contributed by atoms with Gasteiger partial charge in [0, 0.05) is 32.7 Å². The van der Waals surface area contributed by atoms with E-state index in [0.29, 0.717) is 0 Å². The molecule has 0 aromatic heterocycles. The number of rotatable bonds is 4. The van der Waals surface area contributed by atoms with E-state index in [9.17, 15) is 0 Å². The van der Waals surface area contributed by atoms with Crippen molar-refractivity contribution in [3.63, 3.8) is 0 Å². The Hall–Kier alpha value is -2.13. The van der Waals surface area contributed by atoms with Crippen molar-refractivity contribution in [1.82, 2.24) is 9.91 Å². The second-order valence-electron chi connectivity index (χ2n) is 6.27. The number of hydrazone groups is 1. The highest BCUT2D eigenvalue weighted by Gasteiger charge is 2.16. The van der Waals surface area contributed by atoms with Crippen molar-refractivity contribution in [2.45, 2.75) is 20.4 Å². The monoisotopic (exact) mass is 307 g/mol. The molecule has 0 atom stereocenters. The van der Waals surface area contributed by atoms with Crippen molar-refractivity contribution in [2.24, 2.45) is 5.10 Å². The van der Waals surface area contributed by atoms with Crippen molar-refractivity contribution in [2.75, 3.05) is 26.2 Å². The van der Waals surface area contributed by atoms with Gasteiger partial charge in [-0.2, -0.15) is 5.10 Å². The molecule has 0 unspecified atom stereocenters. The Balaban J connectivity index is 1.53. The van der Waals surface area contributed by atoms with Gasteiger partial charge >= 0.3 is 0 Å². The van der Waals surface area contributed by atoms with E-state index < -0.39 is 0 Å². The molecule has 23 heavy (non-hydrogen) atoms. The van der Waals surface area contributed by atoms with Crippen molar-refractivity contribution in [1.29, 1.82) is 0 Å². The van der Waals surface area contributed by atoms with Crippen molar-refractivity contribution in [3.8, 4) is 0 Å². The van der Waals surface area contributed by atoms with Crippen LogP contribution in [0.2, 0.25) is 0 Å². The first-order chi connectivity index (χ1) is 11.2. The fourth-order valence-corrected chi connectivity index (χ4v) is 2.90. The van der Waals surface area contributed by atoms with E-state index in [1.54, 1.807) is 0 Å². The zero-order valence-electron chi connectivity index (χ0n) is 14.1. The molecule has 3 nitrogen and oxygen atoms in total. The normalized spacial score (nSPS) is 16.6. The Labute approximate surface area is 139 Å².